The van der Waals surface area contributed by atoms with Crippen molar-refractivity contribution in [3.05, 3.63) is 204 Å². The molecule has 0 unspecified atom stereocenters. The van der Waals surface area contributed by atoms with Gasteiger partial charge in [-0.05, 0) is 130 Å². The largest absolute Gasteiger partial charge is 0.310 e. The fraction of sp³-hybridized carbons (Fsp3) is 0.206. The molecular weight excluding hydrogens is 873 g/mol. The molecule has 0 fully saturated rings. The summed E-state index contributed by atoms with van der Waals surface area (Å²) in [6, 6.07) is 69.3. The summed E-state index contributed by atoms with van der Waals surface area (Å²) in [4.78, 5) is 4.93. The molecule has 0 saturated carbocycles. The number of anilines is 6. The van der Waals surface area contributed by atoms with Crippen molar-refractivity contribution in [3.8, 4) is 0 Å². The fourth-order valence-corrected chi connectivity index (χ4v) is 11.9. The number of hydrogen-bond donors (Lipinski definition) is 0. The maximum absolute atomic E-state index is 2.60. The van der Waals surface area contributed by atoms with Crippen LogP contribution in [0.1, 0.15) is 103 Å². The molecule has 0 aliphatic heterocycles. The maximum atomic E-state index is 2.60. The topological polar surface area (TPSA) is 15.3 Å². The second-order valence-corrected chi connectivity index (χ2v) is 23.1. The lowest BCUT2D eigenvalue weighted by Gasteiger charge is -2.27. The molecule has 0 bridgehead atoms. The lowest BCUT2D eigenvalue weighted by atomic mass is 9.86. The molecule has 0 radical (unpaired) electrons. The number of rotatable bonds is 8. The van der Waals surface area contributed by atoms with Gasteiger partial charge in [0.1, 0.15) is 0 Å². The Labute approximate surface area is 423 Å². The minimum atomic E-state index is -0.0296. The van der Waals surface area contributed by atoms with Gasteiger partial charge in [0.15, 0.2) is 0 Å². The quantitative estimate of drug-likeness (QED) is 0.151. The lowest BCUT2D eigenvalue weighted by molar-refractivity contribution is 0.590. The Bertz CT molecular complexity index is 3920. The summed E-state index contributed by atoms with van der Waals surface area (Å²) in [6.45, 7) is 23.0. The van der Waals surface area contributed by atoms with Crippen molar-refractivity contribution >= 4 is 110 Å². The smallest absolute Gasteiger partial charge is 0.0641 e. The number of fused-ring (bicyclic) bond motifs is 12. The molecule has 4 aromatic heterocycles. The molecule has 0 N–H and O–H groups in total. The third kappa shape index (κ3) is 6.57. The number of para-hydroxylation sites is 2. The van der Waals surface area contributed by atoms with E-state index in [0.717, 1.165) is 22.7 Å². The van der Waals surface area contributed by atoms with Crippen LogP contribution in [0.15, 0.2) is 182 Å². The SMILES string of the molecule is CC(C)c1ccc(N(c2ccccc2)c2ccc3c4cc5c(cc4n4c6cc(C(C)(C)C)ccc6c2c34)c2ccc(N(c3ccccc3)c3ccc(C(C)C)cc3)c3c4ccc(C(C)(C)C)cc4n5c23)cc1. The number of aromatic nitrogens is 2. The van der Waals surface area contributed by atoms with Gasteiger partial charge in [0, 0.05) is 65.8 Å². The van der Waals surface area contributed by atoms with Crippen molar-refractivity contribution in [2.45, 2.75) is 91.9 Å². The highest BCUT2D eigenvalue weighted by Gasteiger charge is 2.29. The first kappa shape index (κ1) is 44.1. The van der Waals surface area contributed by atoms with Gasteiger partial charge in [-0.25, -0.2) is 0 Å². The first-order chi connectivity index (χ1) is 34.7. The predicted molar refractivity (Wildman–Crippen MR) is 311 cm³/mol. The van der Waals surface area contributed by atoms with Crippen molar-refractivity contribution in [2.24, 2.45) is 0 Å². The molecule has 4 heterocycles. The van der Waals surface area contributed by atoms with Gasteiger partial charge in [-0.1, -0.05) is 166 Å². The molecule has 72 heavy (non-hydrogen) atoms. The van der Waals surface area contributed by atoms with Crippen molar-refractivity contribution in [3.63, 3.8) is 0 Å². The van der Waals surface area contributed by atoms with Crippen LogP contribution in [0, 0.1) is 0 Å². The summed E-state index contributed by atoms with van der Waals surface area (Å²) in [6.07, 6.45) is 0. The highest BCUT2D eigenvalue weighted by molar-refractivity contribution is 6.32. The van der Waals surface area contributed by atoms with Crippen LogP contribution < -0.4 is 9.80 Å². The van der Waals surface area contributed by atoms with Gasteiger partial charge in [0.2, 0.25) is 0 Å². The summed E-state index contributed by atoms with van der Waals surface area (Å²) in [5.74, 6) is 0.900. The Morgan fingerprint density at radius 1 is 0.333 bits per heavy atom. The summed E-state index contributed by atoms with van der Waals surface area (Å²) < 4.78 is 5.21. The second kappa shape index (κ2) is 15.8. The summed E-state index contributed by atoms with van der Waals surface area (Å²) >= 11 is 0. The summed E-state index contributed by atoms with van der Waals surface area (Å²) in [5.41, 5.74) is 19.7. The van der Waals surface area contributed by atoms with E-state index in [1.165, 1.54) is 110 Å². The average Bonchev–Trinajstić information content (AvgIpc) is 4.10. The van der Waals surface area contributed by atoms with E-state index in [2.05, 4.69) is 270 Å². The Morgan fingerprint density at radius 3 is 1.01 bits per heavy atom. The van der Waals surface area contributed by atoms with Gasteiger partial charge in [0.25, 0.3) is 0 Å². The molecule has 13 rings (SSSR count). The lowest BCUT2D eigenvalue weighted by Crippen LogP contribution is -2.11. The molecule has 0 aliphatic rings. The van der Waals surface area contributed by atoms with Crippen LogP contribution in [-0.2, 0) is 10.8 Å². The summed E-state index contributed by atoms with van der Waals surface area (Å²) in [5, 5.41) is 10.1. The van der Waals surface area contributed by atoms with Crippen LogP contribution in [0.2, 0.25) is 0 Å². The monoisotopic (exact) mass is 934 g/mol. The van der Waals surface area contributed by atoms with Gasteiger partial charge in [-0.3, -0.25) is 0 Å². The normalized spacial score (nSPS) is 12.8. The van der Waals surface area contributed by atoms with E-state index >= 15 is 0 Å². The average molecular weight is 935 g/mol. The molecule has 13 aromatic rings. The minimum Gasteiger partial charge on any atom is -0.310 e. The van der Waals surface area contributed by atoms with Crippen LogP contribution in [0.5, 0.6) is 0 Å². The van der Waals surface area contributed by atoms with E-state index in [0.29, 0.717) is 11.8 Å². The van der Waals surface area contributed by atoms with E-state index in [9.17, 15) is 0 Å². The highest BCUT2D eigenvalue weighted by atomic mass is 15.2. The van der Waals surface area contributed by atoms with Crippen LogP contribution in [0.25, 0.3) is 76.2 Å². The summed E-state index contributed by atoms with van der Waals surface area (Å²) in [7, 11) is 0. The third-order valence-corrected chi connectivity index (χ3v) is 15.8. The standard InChI is InChI=1S/C68H62N4/c1-41(2)43-21-27-49(28-22-43)69(47-17-13-11-14-18-47)57-35-33-51-55-39-62-56(40-61(55)71-59-37-45(67(5,6)7)25-31-53(59)63(57)65(51)71)52-34-36-58(64-54-32-26-46(68(8,9)10)38-60(54)72(62)66(52)64)70(48-19-15-12-16-20-48)50-29-23-44(24-30-50)42(3)4/h11-42H,1-10H3. The maximum Gasteiger partial charge on any atom is 0.0641 e. The van der Waals surface area contributed by atoms with E-state index in [1.54, 1.807) is 0 Å². The van der Waals surface area contributed by atoms with Crippen LogP contribution in [0.4, 0.5) is 34.1 Å². The molecule has 0 saturated heterocycles. The van der Waals surface area contributed by atoms with Crippen LogP contribution in [-0.4, -0.2) is 8.80 Å². The van der Waals surface area contributed by atoms with E-state index in [-0.39, 0.29) is 10.8 Å². The first-order valence-corrected chi connectivity index (χ1v) is 26.0. The zero-order valence-corrected chi connectivity index (χ0v) is 43.3. The van der Waals surface area contributed by atoms with Crippen molar-refractivity contribution < 1.29 is 0 Å². The van der Waals surface area contributed by atoms with Crippen molar-refractivity contribution in [1.82, 2.24) is 8.80 Å². The zero-order valence-electron chi connectivity index (χ0n) is 43.3. The molecule has 4 heteroatoms. The Morgan fingerprint density at radius 2 is 0.667 bits per heavy atom. The zero-order chi connectivity index (χ0) is 49.5. The third-order valence-electron chi connectivity index (χ3n) is 15.8. The van der Waals surface area contributed by atoms with Gasteiger partial charge < -0.3 is 18.6 Å². The minimum absolute atomic E-state index is 0.0296. The fourth-order valence-electron chi connectivity index (χ4n) is 11.9. The van der Waals surface area contributed by atoms with Crippen LogP contribution in [0.3, 0.4) is 0 Å². The molecule has 0 aliphatic carbocycles. The highest BCUT2D eigenvalue weighted by Crippen LogP contribution is 2.52. The molecule has 9 aromatic carbocycles. The van der Waals surface area contributed by atoms with Gasteiger partial charge in [-0.2, -0.15) is 0 Å². The van der Waals surface area contributed by atoms with E-state index in [4.69, 9.17) is 0 Å². The Kier molecular flexibility index (Phi) is 9.71. The molecule has 4 nitrogen and oxygen atoms in total. The second-order valence-electron chi connectivity index (χ2n) is 23.1. The molecule has 0 amide bonds. The van der Waals surface area contributed by atoms with E-state index in [1.807, 2.05) is 0 Å². The molecular formula is C68H62N4. The van der Waals surface area contributed by atoms with Gasteiger partial charge in [0.05, 0.1) is 44.5 Å². The number of benzene rings is 9. The Balaban J connectivity index is 1.14. The van der Waals surface area contributed by atoms with Gasteiger partial charge >= 0.3 is 0 Å². The number of nitrogens with zero attached hydrogens (tertiary/aromatic N) is 4. The Hall–Kier alpha value is -7.82. The molecule has 0 atom stereocenters. The molecule has 354 valence electrons. The first-order valence-electron chi connectivity index (χ1n) is 26.0. The molecule has 0 spiro atoms. The van der Waals surface area contributed by atoms with Crippen molar-refractivity contribution in [2.75, 3.05) is 9.80 Å². The van der Waals surface area contributed by atoms with Crippen molar-refractivity contribution in [1.29, 1.82) is 0 Å². The number of hydrogen-bond acceptors (Lipinski definition) is 2. The van der Waals surface area contributed by atoms with E-state index < -0.39 is 0 Å². The van der Waals surface area contributed by atoms with Crippen LogP contribution >= 0.6 is 0 Å². The predicted octanol–water partition coefficient (Wildman–Crippen LogP) is 19.8. The van der Waals surface area contributed by atoms with Gasteiger partial charge in [-0.15, -0.1) is 0 Å².